The summed E-state index contributed by atoms with van der Waals surface area (Å²) in [6, 6.07) is 2.66. The minimum Gasteiger partial charge on any atom is -0.394 e. The van der Waals surface area contributed by atoms with Crippen LogP contribution in [-0.4, -0.2) is 10.5 Å². The number of rotatable bonds is 1. The Morgan fingerprint density at radius 2 is 2.27 bits per heavy atom. The molecule has 1 aliphatic carbocycles. The molecule has 0 spiro atoms. The molecule has 1 aromatic rings. The predicted octanol–water partition coefficient (Wildman–Crippen LogP) is 1.79. The first-order valence-electron chi connectivity index (χ1n) is 4.84. The maximum atomic E-state index is 13.0. The molecule has 0 amide bonds. The SMILES string of the molecule is Nc1cccn(C2CCC(F)(F)C2)c1=O. The van der Waals surface area contributed by atoms with E-state index < -0.39 is 12.0 Å². The Bertz CT molecular complexity index is 428. The van der Waals surface area contributed by atoms with Crippen LogP contribution in [-0.2, 0) is 0 Å². The third-order valence-electron chi connectivity index (χ3n) is 2.77. The third kappa shape index (κ3) is 1.86. The number of nitrogens with two attached hydrogens (primary N) is 1. The Labute approximate surface area is 85.5 Å². The number of halogens is 2. The Morgan fingerprint density at radius 1 is 1.53 bits per heavy atom. The summed E-state index contributed by atoms with van der Waals surface area (Å²) < 4.78 is 27.2. The second kappa shape index (κ2) is 3.32. The van der Waals surface area contributed by atoms with Crippen molar-refractivity contribution in [3.63, 3.8) is 0 Å². The standard InChI is InChI=1S/C10H12F2N2O/c11-10(12)4-3-7(6-10)14-5-1-2-8(13)9(14)15/h1-2,5,7H,3-4,6,13H2. The fourth-order valence-corrected chi connectivity index (χ4v) is 1.98. The van der Waals surface area contributed by atoms with Crippen LogP contribution in [0, 0.1) is 0 Å². The summed E-state index contributed by atoms with van der Waals surface area (Å²) >= 11 is 0. The molecule has 0 saturated heterocycles. The van der Waals surface area contributed by atoms with Gasteiger partial charge in [0.25, 0.3) is 5.56 Å². The fourth-order valence-electron chi connectivity index (χ4n) is 1.98. The Balaban J connectivity index is 2.32. The number of hydrogen-bond donors (Lipinski definition) is 1. The van der Waals surface area contributed by atoms with Gasteiger partial charge in [0.15, 0.2) is 0 Å². The topological polar surface area (TPSA) is 48.0 Å². The minimum absolute atomic E-state index is 0.104. The van der Waals surface area contributed by atoms with Gasteiger partial charge in [-0.1, -0.05) is 0 Å². The fraction of sp³-hybridized carbons (Fsp3) is 0.500. The van der Waals surface area contributed by atoms with Crippen LogP contribution in [0.5, 0.6) is 0 Å². The second-order valence-electron chi connectivity index (χ2n) is 3.93. The van der Waals surface area contributed by atoms with E-state index in [4.69, 9.17) is 5.73 Å². The molecule has 1 aliphatic rings. The smallest absolute Gasteiger partial charge is 0.273 e. The molecular formula is C10H12F2N2O. The van der Waals surface area contributed by atoms with Crippen LogP contribution in [0.25, 0.3) is 0 Å². The van der Waals surface area contributed by atoms with E-state index in [1.54, 1.807) is 6.07 Å². The zero-order valence-electron chi connectivity index (χ0n) is 8.12. The van der Waals surface area contributed by atoms with E-state index in [0.717, 1.165) is 0 Å². The van der Waals surface area contributed by atoms with Crippen LogP contribution >= 0.6 is 0 Å². The second-order valence-corrected chi connectivity index (χ2v) is 3.93. The normalized spacial score (nSPS) is 24.3. The Kier molecular flexibility index (Phi) is 2.25. The van der Waals surface area contributed by atoms with E-state index in [9.17, 15) is 13.6 Å². The molecule has 1 saturated carbocycles. The number of alkyl halides is 2. The lowest BCUT2D eigenvalue weighted by Gasteiger charge is -2.14. The van der Waals surface area contributed by atoms with Crippen molar-refractivity contribution in [3.05, 3.63) is 28.7 Å². The molecule has 2 N–H and O–H groups in total. The summed E-state index contributed by atoms with van der Waals surface area (Å²) in [6.07, 6.45) is 1.43. The van der Waals surface area contributed by atoms with E-state index in [1.807, 2.05) is 0 Å². The van der Waals surface area contributed by atoms with Crippen molar-refractivity contribution in [2.75, 3.05) is 5.73 Å². The van der Waals surface area contributed by atoms with Crippen molar-refractivity contribution in [2.45, 2.75) is 31.2 Å². The molecule has 2 rings (SSSR count). The van der Waals surface area contributed by atoms with Crippen molar-refractivity contribution < 1.29 is 8.78 Å². The molecular weight excluding hydrogens is 202 g/mol. The maximum absolute atomic E-state index is 13.0. The highest BCUT2D eigenvalue weighted by molar-refractivity contribution is 5.33. The highest BCUT2D eigenvalue weighted by atomic mass is 19.3. The molecule has 82 valence electrons. The van der Waals surface area contributed by atoms with E-state index in [2.05, 4.69) is 0 Å². The number of hydrogen-bond acceptors (Lipinski definition) is 2. The van der Waals surface area contributed by atoms with Crippen LogP contribution in [0.3, 0.4) is 0 Å². The van der Waals surface area contributed by atoms with Crippen LogP contribution in [0.4, 0.5) is 14.5 Å². The van der Waals surface area contributed by atoms with Crippen LogP contribution in [0.1, 0.15) is 25.3 Å². The summed E-state index contributed by atoms with van der Waals surface area (Å²) in [7, 11) is 0. The van der Waals surface area contributed by atoms with Gasteiger partial charge in [-0.25, -0.2) is 8.78 Å². The van der Waals surface area contributed by atoms with E-state index in [-0.39, 0.29) is 24.1 Å². The average Bonchev–Trinajstić information content (AvgIpc) is 2.51. The van der Waals surface area contributed by atoms with Gasteiger partial charge < -0.3 is 10.3 Å². The molecule has 0 aliphatic heterocycles. The zero-order valence-corrected chi connectivity index (χ0v) is 8.12. The highest BCUT2D eigenvalue weighted by Crippen LogP contribution is 2.40. The van der Waals surface area contributed by atoms with Crippen molar-refractivity contribution in [3.8, 4) is 0 Å². The molecule has 1 unspecified atom stereocenters. The molecule has 0 radical (unpaired) electrons. The Hall–Kier alpha value is -1.39. The molecule has 1 atom stereocenters. The molecule has 5 heteroatoms. The summed E-state index contributed by atoms with van der Waals surface area (Å²) in [4.78, 5) is 11.6. The first-order valence-corrected chi connectivity index (χ1v) is 4.84. The van der Waals surface area contributed by atoms with Gasteiger partial charge >= 0.3 is 0 Å². The summed E-state index contributed by atoms with van der Waals surface area (Å²) in [5.41, 5.74) is 5.16. The maximum Gasteiger partial charge on any atom is 0.273 e. The van der Waals surface area contributed by atoms with Gasteiger partial charge in [0.05, 0.1) is 5.69 Å². The van der Waals surface area contributed by atoms with Gasteiger partial charge in [-0.2, -0.15) is 0 Å². The van der Waals surface area contributed by atoms with E-state index >= 15 is 0 Å². The van der Waals surface area contributed by atoms with Gasteiger partial charge in [-0.05, 0) is 18.6 Å². The first-order chi connectivity index (χ1) is 6.99. The predicted molar refractivity (Wildman–Crippen MR) is 52.9 cm³/mol. The third-order valence-corrected chi connectivity index (χ3v) is 2.77. The van der Waals surface area contributed by atoms with Gasteiger partial charge in [0.1, 0.15) is 0 Å². The molecule has 3 nitrogen and oxygen atoms in total. The Morgan fingerprint density at radius 3 is 2.87 bits per heavy atom. The van der Waals surface area contributed by atoms with Crippen LogP contribution in [0.2, 0.25) is 0 Å². The average molecular weight is 214 g/mol. The molecule has 1 heterocycles. The highest BCUT2D eigenvalue weighted by Gasteiger charge is 2.40. The van der Waals surface area contributed by atoms with Crippen molar-refractivity contribution >= 4 is 5.69 Å². The lowest BCUT2D eigenvalue weighted by molar-refractivity contribution is 0.00552. The van der Waals surface area contributed by atoms with Crippen molar-refractivity contribution in [2.24, 2.45) is 0 Å². The quantitative estimate of drug-likeness (QED) is 0.774. The zero-order chi connectivity index (χ0) is 11.1. The summed E-state index contributed by atoms with van der Waals surface area (Å²) in [6.45, 7) is 0. The van der Waals surface area contributed by atoms with Gasteiger partial charge in [0, 0.05) is 25.1 Å². The number of aromatic nitrogens is 1. The van der Waals surface area contributed by atoms with Gasteiger partial charge in [-0.15, -0.1) is 0 Å². The number of pyridine rings is 1. The van der Waals surface area contributed by atoms with Gasteiger partial charge in [0.2, 0.25) is 5.92 Å². The van der Waals surface area contributed by atoms with E-state index in [1.165, 1.54) is 16.8 Å². The van der Waals surface area contributed by atoms with E-state index in [0.29, 0.717) is 6.42 Å². The summed E-state index contributed by atoms with van der Waals surface area (Å²) in [5, 5.41) is 0. The lowest BCUT2D eigenvalue weighted by atomic mass is 10.2. The number of nitrogens with zero attached hydrogens (tertiary/aromatic N) is 1. The monoisotopic (exact) mass is 214 g/mol. The molecule has 15 heavy (non-hydrogen) atoms. The summed E-state index contributed by atoms with van der Waals surface area (Å²) in [5.74, 6) is -2.64. The van der Waals surface area contributed by atoms with Crippen LogP contribution in [0.15, 0.2) is 23.1 Å². The number of nitrogen functional groups attached to an aromatic ring is 1. The largest absolute Gasteiger partial charge is 0.394 e. The molecule has 1 aromatic heterocycles. The first kappa shape index (κ1) is 10.1. The molecule has 0 bridgehead atoms. The van der Waals surface area contributed by atoms with Crippen molar-refractivity contribution in [1.82, 2.24) is 4.57 Å². The number of anilines is 1. The molecule has 1 fully saturated rings. The van der Waals surface area contributed by atoms with Gasteiger partial charge in [-0.3, -0.25) is 4.79 Å². The van der Waals surface area contributed by atoms with Crippen molar-refractivity contribution in [1.29, 1.82) is 0 Å². The minimum atomic E-state index is -2.64. The van der Waals surface area contributed by atoms with Crippen LogP contribution < -0.4 is 11.3 Å². The lowest BCUT2D eigenvalue weighted by Crippen LogP contribution is -2.25. The molecule has 0 aromatic carbocycles.